The maximum Gasteiger partial charge on any atom is 0.345 e. The van der Waals surface area contributed by atoms with Gasteiger partial charge < -0.3 is 9.63 Å². The quantitative estimate of drug-likeness (QED) is 0.721. The number of thioether (sulfide) groups is 1. The van der Waals surface area contributed by atoms with Gasteiger partial charge in [0.2, 0.25) is 11.7 Å². The summed E-state index contributed by atoms with van der Waals surface area (Å²) in [6.45, 7) is 0. The molecule has 0 amide bonds. The molecule has 0 bridgehead atoms. The van der Waals surface area contributed by atoms with Gasteiger partial charge in [0.15, 0.2) is 0 Å². The van der Waals surface area contributed by atoms with Crippen LogP contribution in [0.25, 0.3) is 11.4 Å². The predicted octanol–water partition coefficient (Wildman–Crippen LogP) is 3.79. The smallest absolute Gasteiger partial charge is 0.345 e. The molecular weight excluding hydrogens is 308 g/mol. The van der Waals surface area contributed by atoms with E-state index in [1.54, 1.807) is 6.07 Å². The van der Waals surface area contributed by atoms with Gasteiger partial charge in [0.25, 0.3) is 0 Å². The molecule has 0 fully saturated rings. The molecule has 0 atom stereocenters. The van der Waals surface area contributed by atoms with Crippen LogP contribution in [0.1, 0.15) is 15.6 Å². The summed E-state index contributed by atoms with van der Waals surface area (Å²) in [6, 6.07) is 11.2. The van der Waals surface area contributed by atoms with Crippen LogP contribution in [0.2, 0.25) is 0 Å². The second-order valence-electron chi connectivity index (χ2n) is 4.12. The first-order valence-corrected chi connectivity index (χ1v) is 7.91. The van der Waals surface area contributed by atoms with Gasteiger partial charge in [-0.2, -0.15) is 4.98 Å². The first-order valence-electron chi connectivity index (χ1n) is 6.05. The summed E-state index contributed by atoms with van der Waals surface area (Å²) in [5.41, 5.74) is 0.904. The molecule has 2 aromatic heterocycles. The minimum Gasteiger partial charge on any atom is -0.477 e. The number of carboxylic acid groups (broad SMARTS) is 1. The van der Waals surface area contributed by atoms with E-state index >= 15 is 0 Å². The van der Waals surface area contributed by atoms with E-state index in [9.17, 15) is 4.79 Å². The lowest BCUT2D eigenvalue weighted by Gasteiger charge is -1.92. The molecule has 0 saturated heterocycles. The number of carbonyl (C=O) groups is 1. The van der Waals surface area contributed by atoms with Gasteiger partial charge in [-0.3, -0.25) is 0 Å². The van der Waals surface area contributed by atoms with Gasteiger partial charge in [-0.25, -0.2) is 4.79 Å². The number of nitrogens with zero attached hydrogens (tertiary/aromatic N) is 2. The van der Waals surface area contributed by atoms with Gasteiger partial charge in [-0.05, 0) is 6.07 Å². The molecule has 3 rings (SSSR count). The predicted molar refractivity (Wildman–Crippen MR) is 80.6 cm³/mol. The van der Waals surface area contributed by atoms with E-state index in [4.69, 9.17) is 9.63 Å². The number of rotatable bonds is 5. The lowest BCUT2D eigenvalue weighted by atomic mass is 10.2. The zero-order valence-electron chi connectivity index (χ0n) is 10.7. The summed E-state index contributed by atoms with van der Waals surface area (Å²) in [6.07, 6.45) is 0. The van der Waals surface area contributed by atoms with Crippen molar-refractivity contribution in [3.05, 3.63) is 52.5 Å². The summed E-state index contributed by atoms with van der Waals surface area (Å²) in [5, 5.41) is 14.6. The molecule has 0 unspecified atom stereocenters. The highest BCUT2D eigenvalue weighted by Crippen LogP contribution is 2.28. The number of thiophene rings is 1. The van der Waals surface area contributed by atoms with E-state index in [0.717, 1.165) is 10.5 Å². The fourth-order valence-corrected chi connectivity index (χ4v) is 3.38. The van der Waals surface area contributed by atoms with Gasteiger partial charge >= 0.3 is 5.97 Å². The lowest BCUT2D eigenvalue weighted by Crippen LogP contribution is -1.89. The SMILES string of the molecule is O=C(O)c1cc(SCc2nc(-c3ccccc3)no2)cs1. The Bertz CT molecular complexity index is 752. The van der Waals surface area contributed by atoms with Crippen molar-refractivity contribution in [2.75, 3.05) is 0 Å². The molecule has 1 aromatic carbocycles. The third kappa shape index (κ3) is 3.32. The highest BCUT2D eigenvalue weighted by molar-refractivity contribution is 7.98. The van der Waals surface area contributed by atoms with Crippen LogP contribution in [0.4, 0.5) is 0 Å². The monoisotopic (exact) mass is 318 g/mol. The van der Waals surface area contributed by atoms with E-state index in [-0.39, 0.29) is 0 Å². The van der Waals surface area contributed by atoms with Gasteiger partial charge in [0.05, 0.1) is 5.75 Å². The third-order valence-corrected chi connectivity index (χ3v) is 4.68. The molecule has 5 nitrogen and oxygen atoms in total. The summed E-state index contributed by atoms with van der Waals surface area (Å²) >= 11 is 2.68. The molecule has 7 heteroatoms. The molecule has 0 radical (unpaired) electrons. The van der Waals surface area contributed by atoms with Crippen LogP contribution >= 0.6 is 23.1 Å². The first-order chi connectivity index (χ1) is 10.2. The van der Waals surface area contributed by atoms with Gasteiger partial charge in [0, 0.05) is 15.8 Å². The highest BCUT2D eigenvalue weighted by Gasteiger charge is 2.11. The summed E-state index contributed by atoms with van der Waals surface area (Å²) < 4.78 is 5.20. The largest absolute Gasteiger partial charge is 0.477 e. The van der Waals surface area contributed by atoms with Crippen LogP contribution in [-0.2, 0) is 5.75 Å². The second-order valence-corrected chi connectivity index (χ2v) is 6.08. The van der Waals surface area contributed by atoms with E-state index < -0.39 is 5.97 Å². The van der Waals surface area contributed by atoms with Gasteiger partial charge in [-0.15, -0.1) is 23.1 Å². The van der Waals surface area contributed by atoms with Crippen molar-refractivity contribution in [1.29, 1.82) is 0 Å². The normalized spacial score (nSPS) is 10.7. The average Bonchev–Trinajstić information content (AvgIpc) is 3.15. The van der Waals surface area contributed by atoms with Crippen molar-refractivity contribution < 1.29 is 14.4 Å². The molecule has 0 spiro atoms. The fraction of sp³-hybridized carbons (Fsp3) is 0.0714. The molecule has 2 heterocycles. The highest BCUT2D eigenvalue weighted by atomic mass is 32.2. The Morgan fingerprint density at radius 1 is 1.33 bits per heavy atom. The zero-order valence-corrected chi connectivity index (χ0v) is 12.4. The molecule has 0 aliphatic rings. The molecule has 21 heavy (non-hydrogen) atoms. The fourth-order valence-electron chi connectivity index (χ4n) is 1.67. The molecule has 0 saturated carbocycles. The standard InChI is InChI=1S/C14H10N2O3S2/c17-14(18)11-6-10(7-21-11)20-8-12-15-13(16-19-12)9-4-2-1-3-5-9/h1-7H,8H2,(H,17,18). The van der Waals surface area contributed by atoms with Crippen molar-refractivity contribution in [3.8, 4) is 11.4 Å². The minimum absolute atomic E-state index is 0.327. The van der Waals surface area contributed by atoms with Crippen LogP contribution < -0.4 is 0 Å². The van der Waals surface area contributed by atoms with Crippen molar-refractivity contribution in [2.45, 2.75) is 10.6 Å². The van der Waals surface area contributed by atoms with E-state index in [1.165, 1.54) is 23.1 Å². The maximum atomic E-state index is 10.8. The van der Waals surface area contributed by atoms with Gasteiger partial charge in [-0.1, -0.05) is 35.5 Å². The van der Waals surface area contributed by atoms with E-state index in [2.05, 4.69) is 10.1 Å². The molecule has 106 valence electrons. The van der Waals surface area contributed by atoms with Crippen molar-refractivity contribution >= 4 is 29.1 Å². The number of hydrogen-bond donors (Lipinski definition) is 1. The average molecular weight is 318 g/mol. The number of aromatic carboxylic acids is 1. The summed E-state index contributed by atoms with van der Waals surface area (Å²) in [4.78, 5) is 16.3. The Balaban J connectivity index is 1.66. The Morgan fingerprint density at radius 2 is 2.14 bits per heavy atom. The van der Waals surface area contributed by atoms with Crippen molar-refractivity contribution in [1.82, 2.24) is 10.1 Å². The molecule has 3 aromatic rings. The maximum absolute atomic E-state index is 10.8. The minimum atomic E-state index is -0.906. The Labute approximate surface area is 128 Å². The second kappa shape index (κ2) is 6.11. The Hall–Kier alpha value is -2.12. The first kappa shape index (κ1) is 13.8. The Morgan fingerprint density at radius 3 is 2.86 bits per heavy atom. The van der Waals surface area contributed by atoms with Crippen LogP contribution in [0.15, 0.2) is 51.2 Å². The topological polar surface area (TPSA) is 76.2 Å². The molecular formula is C14H10N2O3S2. The summed E-state index contributed by atoms with van der Waals surface area (Å²) in [5.74, 6) is 0.677. The third-order valence-electron chi connectivity index (χ3n) is 2.65. The van der Waals surface area contributed by atoms with Crippen LogP contribution in [0.3, 0.4) is 0 Å². The molecule has 0 aliphatic heterocycles. The lowest BCUT2D eigenvalue weighted by molar-refractivity contribution is 0.0702. The van der Waals surface area contributed by atoms with Crippen molar-refractivity contribution in [3.63, 3.8) is 0 Å². The van der Waals surface area contributed by atoms with E-state index in [1.807, 2.05) is 35.7 Å². The van der Waals surface area contributed by atoms with E-state index in [0.29, 0.717) is 22.3 Å². The zero-order chi connectivity index (χ0) is 14.7. The van der Waals surface area contributed by atoms with Crippen LogP contribution in [-0.4, -0.2) is 21.2 Å². The number of benzene rings is 1. The number of carboxylic acids is 1. The summed E-state index contributed by atoms with van der Waals surface area (Å²) in [7, 11) is 0. The molecule has 0 aliphatic carbocycles. The number of aromatic nitrogens is 2. The molecule has 1 N–H and O–H groups in total. The van der Waals surface area contributed by atoms with Crippen LogP contribution in [0.5, 0.6) is 0 Å². The van der Waals surface area contributed by atoms with Gasteiger partial charge in [0.1, 0.15) is 4.88 Å². The van der Waals surface area contributed by atoms with Crippen molar-refractivity contribution in [2.24, 2.45) is 0 Å². The number of hydrogen-bond acceptors (Lipinski definition) is 6. The Kier molecular flexibility index (Phi) is 4.03. The van der Waals surface area contributed by atoms with Crippen LogP contribution in [0, 0.1) is 0 Å².